The lowest BCUT2D eigenvalue weighted by atomic mass is 10.2. The van der Waals surface area contributed by atoms with Crippen molar-refractivity contribution >= 4 is 16.9 Å². The minimum atomic E-state index is -0.0146. The number of aromatic nitrogens is 2. The number of rotatable bonds is 5. The normalized spacial score (nSPS) is 18.2. The van der Waals surface area contributed by atoms with Crippen molar-refractivity contribution in [3.8, 4) is 0 Å². The van der Waals surface area contributed by atoms with Crippen LogP contribution >= 0.6 is 0 Å². The van der Waals surface area contributed by atoms with Gasteiger partial charge in [-0.05, 0) is 25.5 Å². The van der Waals surface area contributed by atoms with Gasteiger partial charge in [0, 0.05) is 45.2 Å². The van der Waals surface area contributed by atoms with Crippen molar-refractivity contribution in [2.24, 2.45) is 0 Å². The molecule has 1 aliphatic heterocycles. The van der Waals surface area contributed by atoms with E-state index in [4.69, 9.17) is 0 Å². The number of nitrogens with one attached hydrogen (secondary N) is 1. The van der Waals surface area contributed by atoms with E-state index in [0.717, 1.165) is 37.1 Å². The van der Waals surface area contributed by atoms with Crippen LogP contribution in [0.3, 0.4) is 0 Å². The molecule has 130 valence electrons. The summed E-state index contributed by atoms with van der Waals surface area (Å²) in [6, 6.07) is 8.04. The van der Waals surface area contributed by atoms with Crippen molar-refractivity contribution < 1.29 is 4.79 Å². The molecule has 2 aromatic rings. The molecule has 1 aliphatic rings. The summed E-state index contributed by atoms with van der Waals surface area (Å²) in [4.78, 5) is 27.2. The summed E-state index contributed by atoms with van der Waals surface area (Å²) in [5.74, 6) is 0.128. The number of nitrogens with zero attached hydrogens (tertiary/aromatic N) is 3. The van der Waals surface area contributed by atoms with Gasteiger partial charge in [0.05, 0.1) is 11.0 Å². The van der Waals surface area contributed by atoms with Crippen molar-refractivity contribution in [3.63, 3.8) is 0 Å². The molecular formula is C18H26N4O2. The average Bonchev–Trinajstić information content (AvgIpc) is 2.86. The molecule has 2 heterocycles. The summed E-state index contributed by atoms with van der Waals surface area (Å²) < 4.78 is 3.56. The minimum Gasteiger partial charge on any atom is -0.337 e. The first-order valence-corrected chi connectivity index (χ1v) is 8.81. The minimum absolute atomic E-state index is 0.0146. The lowest BCUT2D eigenvalue weighted by Gasteiger charge is -2.34. The maximum absolute atomic E-state index is 12.7. The van der Waals surface area contributed by atoms with Crippen molar-refractivity contribution in [3.05, 3.63) is 34.7 Å². The van der Waals surface area contributed by atoms with Gasteiger partial charge in [-0.25, -0.2) is 4.79 Å². The Labute approximate surface area is 142 Å². The van der Waals surface area contributed by atoms with E-state index in [1.807, 2.05) is 33.7 Å². The lowest BCUT2D eigenvalue weighted by Crippen LogP contribution is -2.52. The van der Waals surface area contributed by atoms with E-state index in [-0.39, 0.29) is 17.6 Å². The fraction of sp³-hybridized carbons (Fsp3) is 0.556. The van der Waals surface area contributed by atoms with E-state index in [1.54, 1.807) is 4.57 Å². The Kier molecular flexibility index (Phi) is 5.04. The maximum atomic E-state index is 12.7. The summed E-state index contributed by atoms with van der Waals surface area (Å²) in [5.41, 5.74) is 1.85. The predicted molar refractivity (Wildman–Crippen MR) is 95.2 cm³/mol. The molecule has 0 radical (unpaired) electrons. The Morgan fingerprint density at radius 2 is 1.88 bits per heavy atom. The zero-order valence-corrected chi connectivity index (χ0v) is 14.5. The Hall–Kier alpha value is -2.08. The summed E-state index contributed by atoms with van der Waals surface area (Å²) in [6.07, 6.45) is 1.27. The van der Waals surface area contributed by atoms with E-state index in [0.29, 0.717) is 19.5 Å². The maximum Gasteiger partial charge on any atom is 0.329 e. The number of hydrogen-bond acceptors (Lipinski definition) is 3. The van der Waals surface area contributed by atoms with Crippen LogP contribution in [0.4, 0.5) is 0 Å². The molecule has 0 saturated carbocycles. The largest absolute Gasteiger partial charge is 0.337 e. The summed E-state index contributed by atoms with van der Waals surface area (Å²) >= 11 is 0. The van der Waals surface area contributed by atoms with Crippen LogP contribution in [0, 0.1) is 0 Å². The van der Waals surface area contributed by atoms with Gasteiger partial charge >= 0.3 is 5.69 Å². The highest BCUT2D eigenvalue weighted by molar-refractivity contribution is 5.78. The van der Waals surface area contributed by atoms with Crippen LogP contribution in [0.1, 0.15) is 26.7 Å². The molecule has 1 atom stereocenters. The highest BCUT2D eigenvalue weighted by Crippen LogP contribution is 2.14. The summed E-state index contributed by atoms with van der Waals surface area (Å²) in [5, 5.41) is 3.29. The first-order chi connectivity index (χ1) is 11.6. The fourth-order valence-corrected chi connectivity index (χ4v) is 3.49. The Bertz CT molecular complexity index is 777. The summed E-state index contributed by atoms with van der Waals surface area (Å²) in [6.45, 7) is 7.68. The monoisotopic (exact) mass is 330 g/mol. The highest BCUT2D eigenvalue weighted by atomic mass is 16.2. The number of imidazole rings is 1. The van der Waals surface area contributed by atoms with Crippen LogP contribution in [0.2, 0.25) is 0 Å². The van der Waals surface area contributed by atoms with Gasteiger partial charge in [-0.1, -0.05) is 19.1 Å². The molecule has 3 rings (SSSR count). The average molecular weight is 330 g/mol. The number of hydrogen-bond donors (Lipinski definition) is 1. The number of piperazine rings is 1. The molecular weight excluding hydrogens is 304 g/mol. The van der Waals surface area contributed by atoms with Gasteiger partial charge in [-0.2, -0.15) is 0 Å². The molecule has 6 heteroatoms. The van der Waals surface area contributed by atoms with Gasteiger partial charge in [0.15, 0.2) is 0 Å². The zero-order chi connectivity index (χ0) is 17.1. The fourth-order valence-electron chi connectivity index (χ4n) is 3.49. The third-order valence-corrected chi connectivity index (χ3v) is 4.74. The zero-order valence-electron chi connectivity index (χ0n) is 14.5. The number of para-hydroxylation sites is 2. The topological polar surface area (TPSA) is 59.3 Å². The van der Waals surface area contributed by atoms with Crippen LogP contribution in [-0.2, 0) is 17.9 Å². The number of fused-ring (bicyclic) bond motifs is 1. The molecule has 0 spiro atoms. The molecule has 0 unspecified atom stereocenters. The number of aryl methyl sites for hydroxylation is 2. The van der Waals surface area contributed by atoms with E-state index < -0.39 is 0 Å². The van der Waals surface area contributed by atoms with E-state index in [9.17, 15) is 9.59 Å². The molecule has 1 fully saturated rings. The van der Waals surface area contributed by atoms with Gasteiger partial charge in [0.25, 0.3) is 0 Å². The third-order valence-electron chi connectivity index (χ3n) is 4.74. The number of carbonyl (C=O) groups excluding carboxylic acids is 1. The second-order valence-electron chi connectivity index (χ2n) is 6.46. The van der Waals surface area contributed by atoms with Gasteiger partial charge < -0.3 is 10.2 Å². The van der Waals surface area contributed by atoms with Crippen LogP contribution in [0.15, 0.2) is 29.1 Å². The van der Waals surface area contributed by atoms with E-state index in [1.165, 1.54) is 0 Å². The first kappa shape index (κ1) is 16.8. The van der Waals surface area contributed by atoms with Crippen LogP contribution < -0.4 is 11.0 Å². The summed E-state index contributed by atoms with van der Waals surface area (Å²) in [7, 11) is 0. The first-order valence-electron chi connectivity index (χ1n) is 8.81. The third kappa shape index (κ3) is 3.11. The van der Waals surface area contributed by atoms with Gasteiger partial charge in [0.2, 0.25) is 5.91 Å². The molecule has 1 amide bonds. The molecule has 24 heavy (non-hydrogen) atoms. The molecule has 1 N–H and O–H groups in total. The number of carbonyl (C=O) groups is 1. The quantitative estimate of drug-likeness (QED) is 0.902. The lowest BCUT2D eigenvalue weighted by molar-refractivity contribution is -0.134. The second-order valence-corrected chi connectivity index (χ2v) is 6.46. The van der Waals surface area contributed by atoms with Gasteiger partial charge in [0.1, 0.15) is 0 Å². The smallest absolute Gasteiger partial charge is 0.329 e. The van der Waals surface area contributed by atoms with E-state index >= 15 is 0 Å². The van der Waals surface area contributed by atoms with Crippen molar-refractivity contribution in [1.82, 2.24) is 19.4 Å². The van der Waals surface area contributed by atoms with Gasteiger partial charge in [-0.3, -0.25) is 13.9 Å². The van der Waals surface area contributed by atoms with Crippen molar-refractivity contribution in [1.29, 1.82) is 0 Å². The standard InChI is InChI=1S/C18H26N4O2/c1-3-10-21-15-6-4-5-7-16(15)22(18(21)24)11-8-17(23)20-12-9-19-13-14(20)2/h4-7,14,19H,3,8-13H2,1-2H3/t14-/m1/s1. The van der Waals surface area contributed by atoms with Crippen molar-refractivity contribution in [2.75, 3.05) is 19.6 Å². The Morgan fingerprint density at radius 3 is 2.50 bits per heavy atom. The molecule has 0 bridgehead atoms. The van der Waals surface area contributed by atoms with Crippen LogP contribution in [-0.4, -0.2) is 45.6 Å². The Morgan fingerprint density at radius 1 is 1.21 bits per heavy atom. The molecule has 6 nitrogen and oxygen atoms in total. The second kappa shape index (κ2) is 7.21. The molecule has 0 aliphatic carbocycles. The molecule has 1 saturated heterocycles. The Balaban J connectivity index is 1.81. The van der Waals surface area contributed by atoms with E-state index in [2.05, 4.69) is 19.2 Å². The molecule has 1 aromatic carbocycles. The molecule has 1 aromatic heterocycles. The van der Waals surface area contributed by atoms with Crippen molar-refractivity contribution in [2.45, 2.75) is 45.8 Å². The predicted octanol–water partition coefficient (Wildman–Crippen LogP) is 1.42. The SMILES string of the molecule is CCCn1c(=O)n(CCC(=O)N2CCNC[C@H]2C)c2ccccc21. The highest BCUT2D eigenvalue weighted by Gasteiger charge is 2.23. The van der Waals surface area contributed by atoms with Gasteiger partial charge in [-0.15, -0.1) is 0 Å². The number of benzene rings is 1. The van der Waals surface area contributed by atoms with Crippen LogP contribution in [0.5, 0.6) is 0 Å². The number of amides is 1. The van der Waals surface area contributed by atoms with Crippen LogP contribution in [0.25, 0.3) is 11.0 Å².